The van der Waals surface area contributed by atoms with Gasteiger partial charge < -0.3 is 15.0 Å². The predicted molar refractivity (Wildman–Crippen MR) is 67.8 cm³/mol. The van der Waals surface area contributed by atoms with Crippen LogP contribution in [-0.2, 0) is 10.3 Å². The minimum Gasteiger partial charge on any atom is -0.368 e. The number of ether oxygens (including phenoxy) is 1. The minimum absolute atomic E-state index is 0.198. The molecule has 0 aromatic carbocycles. The first-order valence-electron chi connectivity index (χ1n) is 6.51. The summed E-state index contributed by atoms with van der Waals surface area (Å²) in [5.41, 5.74) is 5.88. The first kappa shape index (κ1) is 13.2. The number of aromatic nitrogens is 2. The van der Waals surface area contributed by atoms with Crippen LogP contribution in [0.5, 0.6) is 0 Å². The van der Waals surface area contributed by atoms with Gasteiger partial charge in [-0.05, 0) is 26.2 Å². The van der Waals surface area contributed by atoms with Gasteiger partial charge in [0.1, 0.15) is 6.10 Å². The van der Waals surface area contributed by atoms with Gasteiger partial charge in [-0.2, -0.15) is 4.98 Å². The largest absolute Gasteiger partial charge is 0.368 e. The van der Waals surface area contributed by atoms with E-state index in [9.17, 15) is 0 Å². The average molecular weight is 251 g/mol. The summed E-state index contributed by atoms with van der Waals surface area (Å²) < 4.78 is 10.8. The molecule has 1 aliphatic carbocycles. The third kappa shape index (κ3) is 2.79. The van der Waals surface area contributed by atoms with Crippen molar-refractivity contribution in [3.05, 3.63) is 24.4 Å². The molecule has 2 rings (SSSR count). The average Bonchev–Trinajstić information content (AvgIpc) is 2.98. The van der Waals surface area contributed by atoms with Gasteiger partial charge in [0.2, 0.25) is 0 Å². The summed E-state index contributed by atoms with van der Waals surface area (Å²) in [6.07, 6.45) is 6.55. The molecule has 100 valence electrons. The molecule has 0 spiro atoms. The first-order valence-corrected chi connectivity index (χ1v) is 6.51. The van der Waals surface area contributed by atoms with Crippen LogP contribution >= 0.6 is 0 Å². The molecular weight excluding hydrogens is 230 g/mol. The number of rotatable bonds is 6. The highest BCUT2D eigenvalue weighted by molar-refractivity contribution is 5.07. The van der Waals surface area contributed by atoms with Crippen LogP contribution in [0.4, 0.5) is 0 Å². The fourth-order valence-corrected chi connectivity index (χ4v) is 2.23. The summed E-state index contributed by atoms with van der Waals surface area (Å²) in [4.78, 5) is 4.39. The molecule has 1 unspecified atom stereocenters. The van der Waals surface area contributed by atoms with Gasteiger partial charge >= 0.3 is 0 Å². The lowest BCUT2D eigenvalue weighted by atomic mass is 9.99. The quantitative estimate of drug-likeness (QED) is 0.621. The Morgan fingerprint density at radius 3 is 2.94 bits per heavy atom. The molecule has 1 aromatic heterocycles. The van der Waals surface area contributed by atoms with Crippen LogP contribution in [0.2, 0.25) is 0 Å². The molecule has 1 atom stereocenters. The molecule has 1 saturated carbocycles. The lowest BCUT2D eigenvalue weighted by Crippen LogP contribution is -2.34. The molecule has 1 aromatic rings. The number of nitrogens with two attached hydrogens (primary N) is 1. The van der Waals surface area contributed by atoms with Crippen LogP contribution in [0.3, 0.4) is 0 Å². The molecule has 0 bridgehead atoms. The number of hydrogen-bond acceptors (Lipinski definition) is 5. The SMILES string of the molecule is C=CCCOC(C)c1nc(C2(N)CCCC2)no1. The van der Waals surface area contributed by atoms with Gasteiger partial charge in [0.25, 0.3) is 5.89 Å². The Morgan fingerprint density at radius 1 is 1.56 bits per heavy atom. The van der Waals surface area contributed by atoms with Crippen molar-refractivity contribution in [1.82, 2.24) is 10.1 Å². The van der Waals surface area contributed by atoms with Crippen molar-refractivity contribution in [2.75, 3.05) is 6.61 Å². The molecule has 18 heavy (non-hydrogen) atoms. The molecule has 2 N–H and O–H groups in total. The van der Waals surface area contributed by atoms with Gasteiger partial charge in [0.05, 0.1) is 12.1 Å². The number of hydrogen-bond donors (Lipinski definition) is 1. The summed E-state index contributed by atoms with van der Waals surface area (Å²) in [7, 11) is 0. The van der Waals surface area contributed by atoms with E-state index in [1.165, 1.54) is 0 Å². The summed E-state index contributed by atoms with van der Waals surface area (Å²) in [5, 5.41) is 4.01. The maximum atomic E-state index is 6.28. The molecular formula is C13H21N3O2. The van der Waals surface area contributed by atoms with Gasteiger partial charge in [-0.1, -0.05) is 24.1 Å². The summed E-state index contributed by atoms with van der Waals surface area (Å²) in [6.45, 7) is 6.16. The Kier molecular flexibility index (Phi) is 4.14. The molecule has 0 radical (unpaired) electrons. The molecule has 5 nitrogen and oxygen atoms in total. The van der Waals surface area contributed by atoms with E-state index < -0.39 is 5.54 Å². The van der Waals surface area contributed by atoms with Crippen molar-refractivity contribution in [2.45, 2.75) is 50.7 Å². The highest BCUT2D eigenvalue weighted by Gasteiger charge is 2.36. The molecule has 0 aliphatic heterocycles. The lowest BCUT2D eigenvalue weighted by Gasteiger charge is -2.17. The summed E-state index contributed by atoms with van der Waals surface area (Å²) >= 11 is 0. The Labute approximate surface area is 107 Å². The molecule has 0 amide bonds. The van der Waals surface area contributed by atoms with E-state index in [0.717, 1.165) is 32.1 Å². The maximum absolute atomic E-state index is 6.28. The van der Waals surface area contributed by atoms with E-state index in [2.05, 4.69) is 16.7 Å². The van der Waals surface area contributed by atoms with Gasteiger partial charge in [-0.25, -0.2) is 0 Å². The molecule has 5 heteroatoms. The number of nitrogens with zero attached hydrogens (tertiary/aromatic N) is 2. The van der Waals surface area contributed by atoms with E-state index >= 15 is 0 Å². The van der Waals surface area contributed by atoms with Crippen LogP contribution < -0.4 is 5.73 Å². The molecule has 0 saturated heterocycles. The van der Waals surface area contributed by atoms with Crippen LogP contribution in [0, 0.1) is 0 Å². The molecule has 1 heterocycles. The van der Waals surface area contributed by atoms with E-state index in [4.69, 9.17) is 15.0 Å². The Morgan fingerprint density at radius 2 is 2.28 bits per heavy atom. The third-order valence-electron chi connectivity index (χ3n) is 3.42. The Bertz CT molecular complexity index is 397. The Balaban J connectivity index is 1.98. The van der Waals surface area contributed by atoms with Crippen LogP contribution in [0.25, 0.3) is 0 Å². The second-order valence-electron chi connectivity index (χ2n) is 4.91. The lowest BCUT2D eigenvalue weighted by molar-refractivity contribution is 0.0459. The highest BCUT2D eigenvalue weighted by atomic mass is 16.5. The molecule has 1 fully saturated rings. The van der Waals surface area contributed by atoms with E-state index in [0.29, 0.717) is 18.3 Å². The van der Waals surface area contributed by atoms with Crippen molar-refractivity contribution in [1.29, 1.82) is 0 Å². The van der Waals surface area contributed by atoms with Gasteiger partial charge in [0.15, 0.2) is 5.82 Å². The van der Waals surface area contributed by atoms with Crippen LogP contribution in [0.1, 0.15) is 56.8 Å². The predicted octanol–water partition coefficient (Wildman–Crippen LogP) is 2.45. The first-order chi connectivity index (χ1) is 8.65. The van der Waals surface area contributed by atoms with E-state index in [-0.39, 0.29) is 6.10 Å². The fraction of sp³-hybridized carbons (Fsp3) is 0.692. The fourth-order valence-electron chi connectivity index (χ4n) is 2.23. The maximum Gasteiger partial charge on any atom is 0.255 e. The second-order valence-corrected chi connectivity index (χ2v) is 4.91. The van der Waals surface area contributed by atoms with Crippen molar-refractivity contribution < 1.29 is 9.26 Å². The topological polar surface area (TPSA) is 74.2 Å². The normalized spacial score (nSPS) is 19.9. The smallest absolute Gasteiger partial charge is 0.255 e. The van der Waals surface area contributed by atoms with Crippen LogP contribution in [-0.4, -0.2) is 16.7 Å². The van der Waals surface area contributed by atoms with Gasteiger partial charge in [-0.15, -0.1) is 6.58 Å². The van der Waals surface area contributed by atoms with E-state index in [1.807, 2.05) is 13.0 Å². The zero-order valence-corrected chi connectivity index (χ0v) is 10.9. The second kappa shape index (κ2) is 5.63. The van der Waals surface area contributed by atoms with Gasteiger partial charge in [0, 0.05) is 0 Å². The summed E-state index contributed by atoms with van der Waals surface area (Å²) in [6, 6.07) is 0. The zero-order chi connectivity index (χ0) is 13.0. The van der Waals surface area contributed by atoms with E-state index in [1.54, 1.807) is 0 Å². The third-order valence-corrected chi connectivity index (χ3v) is 3.42. The zero-order valence-electron chi connectivity index (χ0n) is 10.9. The molecule has 1 aliphatic rings. The van der Waals surface area contributed by atoms with Gasteiger partial charge in [-0.3, -0.25) is 0 Å². The van der Waals surface area contributed by atoms with Crippen molar-refractivity contribution in [2.24, 2.45) is 5.73 Å². The minimum atomic E-state index is -0.400. The van der Waals surface area contributed by atoms with Crippen molar-refractivity contribution >= 4 is 0 Å². The Hall–Kier alpha value is -1.20. The standard InChI is InChI=1S/C13H21N3O2/c1-3-4-9-17-10(2)11-15-12(16-18-11)13(14)7-5-6-8-13/h3,10H,1,4-9,14H2,2H3. The monoisotopic (exact) mass is 251 g/mol. The van der Waals surface area contributed by atoms with Crippen molar-refractivity contribution in [3.63, 3.8) is 0 Å². The van der Waals surface area contributed by atoms with Crippen LogP contribution in [0.15, 0.2) is 17.2 Å². The van der Waals surface area contributed by atoms with Crippen molar-refractivity contribution in [3.8, 4) is 0 Å². The summed E-state index contributed by atoms with van der Waals surface area (Å²) in [5.74, 6) is 1.12. The highest BCUT2D eigenvalue weighted by Crippen LogP contribution is 2.35.